The molecule has 1 aliphatic rings. The van der Waals surface area contributed by atoms with Crippen molar-refractivity contribution >= 4 is 17.3 Å². The monoisotopic (exact) mass is 283 g/mol. The van der Waals surface area contributed by atoms with E-state index in [0.29, 0.717) is 16.8 Å². The molecule has 0 spiro atoms. The molecule has 0 aromatic heterocycles. The van der Waals surface area contributed by atoms with Crippen LogP contribution in [0.5, 0.6) is 5.75 Å². The zero-order chi connectivity index (χ0) is 15.0. The van der Waals surface area contributed by atoms with E-state index in [0.717, 1.165) is 0 Å². The average Bonchev–Trinajstić information content (AvgIpc) is 2.51. The molecule has 0 amide bonds. The number of hydrogen-bond donors (Lipinski definition) is 3. The van der Waals surface area contributed by atoms with Crippen molar-refractivity contribution in [2.75, 3.05) is 18.5 Å². The molecule has 106 valence electrons. The SMILES string of the molecule is O=C1c2ccccc2C(=O)c2c(NCCO)ccc(O)c21. The topological polar surface area (TPSA) is 86.6 Å². The summed E-state index contributed by atoms with van der Waals surface area (Å²) in [6, 6.07) is 9.45. The molecule has 0 bridgehead atoms. The van der Waals surface area contributed by atoms with Gasteiger partial charge in [-0.15, -0.1) is 0 Å². The Morgan fingerprint density at radius 1 is 0.905 bits per heavy atom. The highest BCUT2D eigenvalue weighted by molar-refractivity contribution is 6.31. The molecule has 0 saturated carbocycles. The number of carbonyl (C=O) groups is 2. The maximum atomic E-state index is 12.6. The van der Waals surface area contributed by atoms with Crippen LogP contribution >= 0.6 is 0 Å². The fourth-order valence-electron chi connectivity index (χ4n) is 2.54. The van der Waals surface area contributed by atoms with Gasteiger partial charge in [-0.2, -0.15) is 0 Å². The maximum absolute atomic E-state index is 12.6. The van der Waals surface area contributed by atoms with Gasteiger partial charge in [0.1, 0.15) is 5.75 Å². The maximum Gasteiger partial charge on any atom is 0.198 e. The molecular formula is C16H13NO4. The van der Waals surface area contributed by atoms with Crippen LogP contribution in [0.3, 0.4) is 0 Å². The largest absolute Gasteiger partial charge is 0.507 e. The van der Waals surface area contributed by atoms with Crippen molar-refractivity contribution in [2.24, 2.45) is 0 Å². The number of aliphatic hydroxyl groups excluding tert-OH is 1. The lowest BCUT2D eigenvalue weighted by molar-refractivity contribution is 0.0977. The molecule has 2 aromatic rings. The zero-order valence-corrected chi connectivity index (χ0v) is 11.1. The van der Waals surface area contributed by atoms with Gasteiger partial charge in [0.15, 0.2) is 11.6 Å². The van der Waals surface area contributed by atoms with Crippen LogP contribution in [0, 0.1) is 0 Å². The van der Waals surface area contributed by atoms with Crippen LogP contribution in [0.15, 0.2) is 36.4 Å². The number of anilines is 1. The van der Waals surface area contributed by atoms with Crippen LogP contribution in [0.1, 0.15) is 31.8 Å². The van der Waals surface area contributed by atoms with Gasteiger partial charge in [0, 0.05) is 23.4 Å². The minimum Gasteiger partial charge on any atom is -0.507 e. The Hall–Kier alpha value is -2.66. The number of rotatable bonds is 3. The van der Waals surface area contributed by atoms with Gasteiger partial charge in [-0.3, -0.25) is 9.59 Å². The van der Waals surface area contributed by atoms with Gasteiger partial charge in [0.25, 0.3) is 0 Å². The number of phenols is 1. The van der Waals surface area contributed by atoms with E-state index < -0.39 is 0 Å². The van der Waals surface area contributed by atoms with Crippen molar-refractivity contribution in [2.45, 2.75) is 0 Å². The van der Waals surface area contributed by atoms with Gasteiger partial charge in [-0.1, -0.05) is 24.3 Å². The van der Waals surface area contributed by atoms with Crippen molar-refractivity contribution in [1.82, 2.24) is 0 Å². The first kappa shape index (κ1) is 13.3. The zero-order valence-electron chi connectivity index (χ0n) is 11.1. The standard InChI is InChI=1S/C16H13NO4/c18-8-7-17-11-5-6-12(19)14-13(11)15(20)9-3-1-2-4-10(9)16(14)21/h1-6,17-19H,7-8H2. The predicted octanol–water partition coefficient (Wildman–Crippen LogP) is 1.57. The Morgan fingerprint density at radius 3 is 2.14 bits per heavy atom. The number of benzene rings is 2. The molecule has 0 unspecified atom stereocenters. The summed E-state index contributed by atoms with van der Waals surface area (Å²) in [7, 11) is 0. The molecule has 0 atom stereocenters. The van der Waals surface area contributed by atoms with E-state index in [1.165, 1.54) is 12.1 Å². The van der Waals surface area contributed by atoms with Crippen LogP contribution in [-0.2, 0) is 0 Å². The van der Waals surface area contributed by atoms with Gasteiger partial charge in [0.2, 0.25) is 0 Å². The number of aliphatic hydroxyl groups is 1. The third-order valence-electron chi connectivity index (χ3n) is 3.48. The van der Waals surface area contributed by atoms with E-state index in [-0.39, 0.29) is 41.6 Å². The average molecular weight is 283 g/mol. The second kappa shape index (κ2) is 5.03. The van der Waals surface area contributed by atoms with E-state index in [4.69, 9.17) is 5.11 Å². The summed E-state index contributed by atoms with van der Waals surface area (Å²) in [4.78, 5) is 25.1. The van der Waals surface area contributed by atoms with E-state index >= 15 is 0 Å². The molecule has 1 aliphatic carbocycles. The van der Waals surface area contributed by atoms with E-state index in [9.17, 15) is 14.7 Å². The second-order valence-electron chi connectivity index (χ2n) is 4.74. The van der Waals surface area contributed by atoms with Crippen molar-refractivity contribution in [3.8, 4) is 5.75 Å². The smallest absolute Gasteiger partial charge is 0.198 e. The van der Waals surface area contributed by atoms with Gasteiger partial charge >= 0.3 is 0 Å². The molecule has 0 aliphatic heterocycles. The lowest BCUT2D eigenvalue weighted by Gasteiger charge is -2.21. The van der Waals surface area contributed by atoms with E-state index in [1.54, 1.807) is 24.3 Å². The van der Waals surface area contributed by atoms with Crippen LogP contribution in [0.4, 0.5) is 5.69 Å². The molecule has 3 N–H and O–H groups in total. The summed E-state index contributed by atoms with van der Waals surface area (Å²) in [6.07, 6.45) is 0. The number of nitrogens with one attached hydrogen (secondary N) is 1. The minimum absolute atomic E-state index is 0.0154. The summed E-state index contributed by atoms with van der Waals surface area (Å²) < 4.78 is 0. The fraction of sp³-hybridized carbons (Fsp3) is 0.125. The number of fused-ring (bicyclic) bond motifs is 2. The predicted molar refractivity (Wildman–Crippen MR) is 77.0 cm³/mol. The van der Waals surface area contributed by atoms with Crippen LogP contribution in [-0.4, -0.2) is 34.9 Å². The third-order valence-corrected chi connectivity index (χ3v) is 3.48. The number of carbonyl (C=O) groups excluding carboxylic acids is 2. The number of phenolic OH excluding ortho intramolecular Hbond substituents is 1. The van der Waals surface area contributed by atoms with Gasteiger partial charge in [-0.05, 0) is 12.1 Å². The first-order valence-corrected chi connectivity index (χ1v) is 6.54. The number of aromatic hydroxyl groups is 1. The van der Waals surface area contributed by atoms with Crippen molar-refractivity contribution < 1.29 is 19.8 Å². The molecule has 0 fully saturated rings. The lowest BCUT2D eigenvalue weighted by atomic mass is 9.82. The third kappa shape index (κ3) is 1.98. The highest BCUT2D eigenvalue weighted by Gasteiger charge is 2.33. The second-order valence-corrected chi connectivity index (χ2v) is 4.74. The van der Waals surface area contributed by atoms with Gasteiger partial charge in [0.05, 0.1) is 17.7 Å². The summed E-state index contributed by atoms with van der Waals surface area (Å²) in [5.41, 5.74) is 1.23. The Morgan fingerprint density at radius 2 is 1.52 bits per heavy atom. The van der Waals surface area contributed by atoms with Crippen molar-refractivity contribution in [1.29, 1.82) is 0 Å². The van der Waals surface area contributed by atoms with Gasteiger partial charge in [-0.25, -0.2) is 0 Å². The first-order chi connectivity index (χ1) is 10.1. The molecule has 0 saturated heterocycles. The van der Waals surface area contributed by atoms with Crippen LogP contribution < -0.4 is 5.32 Å². The van der Waals surface area contributed by atoms with E-state index in [2.05, 4.69) is 5.32 Å². The van der Waals surface area contributed by atoms with Crippen LogP contribution in [0.25, 0.3) is 0 Å². The number of ketones is 2. The lowest BCUT2D eigenvalue weighted by Crippen LogP contribution is -2.23. The Kier molecular flexibility index (Phi) is 3.19. The van der Waals surface area contributed by atoms with Crippen molar-refractivity contribution in [3.63, 3.8) is 0 Å². The Balaban J connectivity index is 2.24. The molecule has 0 radical (unpaired) electrons. The molecule has 5 heteroatoms. The number of hydrogen-bond acceptors (Lipinski definition) is 5. The summed E-state index contributed by atoms with van der Waals surface area (Å²) in [5.74, 6) is -0.894. The van der Waals surface area contributed by atoms with Crippen molar-refractivity contribution in [3.05, 3.63) is 58.7 Å². The first-order valence-electron chi connectivity index (χ1n) is 6.54. The minimum atomic E-state index is -0.370. The summed E-state index contributed by atoms with van der Waals surface area (Å²) >= 11 is 0. The normalized spacial score (nSPS) is 12.8. The summed E-state index contributed by atoms with van der Waals surface area (Å²) in [6.45, 7) is 0.148. The quantitative estimate of drug-likeness (QED) is 0.635. The molecule has 21 heavy (non-hydrogen) atoms. The molecule has 5 nitrogen and oxygen atoms in total. The molecule has 0 heterocycles. The highest BCUT2D eigenvalue weighted by Crippen LogP contribution is 2.36. The summed E-state index contributed by atoms with van der Waals surface area (Å²) in [5, 5.41) is 21.8. The van der Waals surface area contributed by atoms with Gasteiger partial charge < -0.3 is 15.5 Å². The molecular weight excluding hydrogens is 270 g/mol. The molecule has 3 rings (SSSR count). The Labute approximate surface area is 120 Å². The van der Waals surface area contributed by atoms with Crippen LogP contribution in [0.2, 0.25) is 0 Å². The Bertz CT molecular complexity index is 752. The van der Waals surface area contributed by atoms with E-state index in [1.807, 2.05) is 0 Å². The highest BCUT2D eigenvalue weighted by atomic mass is 16.3. The molecule has 2 aromatic carbocycles. The fourth-order valence-corrected chi connectivity index (χ4v) is 2.54.